The van der Waals surface area contributed by atoms with Crippen LogP contribution in [0.1, 0.15) is 5.56 Å². The van der Waals surface area contributed by atoms with Crippen molar-refractivity contribution in [2.45, 2.75) is 6.18 Å². The second-order valence-electron chi connectivity index (χ2n) is 3.44. The highest BCUT2D eigenvalue weighted by molar-refractivity contribution is 5.82. The molecule has 2 aromatic rings. The minimum absolute atomic E-state index is 0.284. The van der Waals surface area contributed by atoms with Crippen molar-refractivity contribution in [3.63, 3.8) is 0 Å². The maximum atomic E-state index is 13.6. The first-order valence-electron chi connectivity index (χ1n) is 4.60. The lowest BCUT2D eigenvalue weighted by molar-refractivity contribution is -0.387. The number of benzene rings is 1. The summed E-state index contributed by atoms with van der Waals surface area (Å²) < 4.78 is 50.8. The Hall–Kier alpha value is -2.25. The number of fused-ring (bicyclic) bond motifs is 1. The van der Waals surface area contributed by atoms with Crippen LogP contribution in [-0.2, 0) is 6.18 Å². The van der Waals surface area contributed by atoms with Gasteiger partial charge in [-0.25, -0.2) is 4.98 Å². The third-order valence-electron chi connectivity index (χ3n) is 2.31. The summed E-state index contributed by atoms with van der Waals surface area (Å²) in [6.07, 6.45) is -3.98. The predicted octanol–water partition coefficient (Wildman–Crippen LogP) is 3.30. The van der Waals surface area contributed by atoms with Crippen LogP contribution in [0.3, 0.4) is 0 Å². The molecule has 0 spiro atoms. The molecule has 0 amide bonds. The van der Waals surface area contributed by atoms with Gasteiger partial charge in [-0.05, 0) is 18.2 Å². The van der Waals surface area contributed by atoms with E-state index in [0.29, 0.717) is 18.3 Å². The van der Waals surface area contributed by atoms with E-state index in [0.717, 1.165) is 6.07 Å². The smallest absolute Gasteiger partial charge is 0.258 e. The number of halogens is 4. The first-order valence-corrected chi connectivity index (χ1v) is 4.60. The molecule has 4 nitrogen and oxygen atoms in total. The topological polar surface area (TPSA) is 56.0 Å². The molecule has 0 aliphatic rings. The van der Waals surface area contributed by atoms with Gasteiger partial charge in [0.25, 0.3) is 0 Å². The standard InChI is InChI=1S/C10H4F4N2O2/c11-9-6-2-1-5(10(12,13)14)3-7(6)15-4-8(9)16(17)18/h1-4H. The van der Waals surface area contributed by atoms with E-state index in [4.69, 9.17) is 0 Å². The summed E-state index contributed by atoms with van der Waals surface area (Å²) in [6, 6.07) is 2.12. The van der Waals surface area contributed by atoms with Crippen molar-refractivity contribution < 1.29 is 22.5 Å². The van der Waals surface area contributed by atoms with Gasteiger partial charge in [0.05, 0.1) is 16.0 Å². The summed E-state index contributed by atoms with van der Waals surface area (Å²) in [6.45, 7) is 0. The molecule has 0 saturated carbocycles. The molecular weight excluding hydrogens is 256 g/mol. The summed E-state index contributed by atoms with van der Waals surface area (Å²) >= 11 is 0. The maximum absolute atomic E-state index is 13.6. The Morgan fingerprint density at radius 3 is 2.50 bits per heavy atom. The van der Waals surface area contributed by atoms with Crippen molar-refractivity contribution in [2.75, 3.05) is 0 Å². The van der Waals surface area contributed by atoms with Crippen LogP contribution in [0, 0.1) is 15.9 Å². The van der Waals surface area contributed by atoms with Gasteiger partial charge in [0.2, 0.25) is 5.82 Å². The van der Waals surface area contributed by atoms with Gasteiger partial charge in [0.15, 0.2) is 0 Å². The van der Waals surface area contributed by atoms with Crippen molar-refractivity contribution in [1.29, 1.82) is 0 Å². The monoisotopic (exact) mass is 260 g/mol. The molecule has 0 fully saturated rings. The summed E-state index contributed by atoms with van der Waals surface area (Å²) in [5, 5.41) is 10.1. The first-order chi connectivity index (χ1) is 8.30. The number of pyridine rings is 1. The molecule has 0 atom stereocenters. The molecule has 0 aliphatic heterocycles. The van der Waals surface area contributed by atoms with Crippen LogP contribution in [0.4, 0.5) is 23.2 Å². The fraction of sp³-hybridized carbons (Fsp3) is 0.100. The lowest BCUT2D eigenvalue weighted by Crippen LogP contribution is -2.05. The van der Waals surface area contributed by atoms with Crippen LogP contribution in [0.15, 0.2) is 24.4 Å². The number of hydrogen-bond acceptors (Lipinski definition) is 3. The van der Waals surface area contributed by atoms with Gasteiger partial charge in [-0.1, -0.05) is 0 Å². The fourth-order valence-electron chi connectivity index (χ4n) is 1.45. The second kappa shape index (κ2) is 3.90. The van der Waals surface area contributed by atoms with E-state index in [2.05, 4.69) is 4.98 Å². The number of nitro groups is 1. The van der Waals surface area contributed by atoms with Gasteiger partial charge in [-0.3, -0.25) is 10.1 Å². The van der Waals surface area contributed by atoms with Crippen molar-refractivity contribution >= 4 is 16.6 Å². The van der Waals surface area contributed by atoms with Crippen LogP contribution in [0.25, 0.3) is 10.9 Å². The van der Waals surface area contributed by atoms with Gasteiger partial charge in [0.1, 0.15) is 6.20 Å². The average molecular weight is 260 g/mol. The molecule has 2 rings (SSSR count). The van der Waals surface area contributed by atoms with E-state index in [1.807, 2.05) is 0 Å². The fourth-order valence-corrected chi connectivity index (χ4v) is 1.45. The summed E-state index contributed by atoms with van der Waals surface area (Å²) in [5.74, 6) is -1.20. The highest BCUT2D eigenvalue weighted by Gasteiger charge is 2.31. The SMILES string of the molecule is O=[N+]([O-])c1cnc2cc(C(F)(F)F)ccc2c1F. The van der Waals surface area contributed by atoms with E-state index >= 15 is 0 Å². The Bertz CT molecular complexity index is 640. The van der Waals surface area contributed by atoms with Crippen LogP contribution in [0.2, 0.25) is 0 Å². The maximum Gasteiger partial charge on any atom is 0.416 e. The number of nitrogens with zero attached hydrogens (tertiary/aromatic N) is 2. The Morgan fingerprint density at radius 2 is 1.94 bits per heavy atom. The molecule has 0 N–H and O–H groups in total. The van der Waals surface area contributed by atoms with E-state index < -0.39 is 28.2 Å². The first kappa shape index (κ1) is 12.2. The van der Waals surface area contributed by atoms with Crippen molar-refractivity contribution in [1.82, 2.24) is 4.98 Å². The Morgan fingerprint density at radius 1 is 1.28 bits per heavy atom. The second-order valence-corrected chi connectivity index (χ2v) is 3.44. The number of hydrogen-bond donors (Lipinski definition) is 0. The molecule has 1 aromatic heterocycles. The molecule has 0 bridgehead atoms. The molecule has 8 heteroatoms. The summed E-state index contributed by atoms with van der Waals surface area (Å²) in [7, 11) is 0. The lowest BCUT2D eigenvalue weighted by atomic mass is 10.1. The zero-order chi connectivity index (χ0) is 13.5. The molecule has 0 unspecified atom stereocenters. The van der Waals surface area contributed by atoms with Crippen molar-refractivity contribution in [2.24, 2.45) is 0 Å². The molecule has 0 aliphatic carbocycles. The summed E-state index contributed by atoms with van der Waals surface area (Å²) in [4.78, 5) is 12.9. The van der Waals surface area contributed by atoms with E-state index in [1.165, 1.54) is 0 Å². The quantitative estimate of drug-likeness (QED) is 0.449. The van der Waals surface area contributed by atoms with Crippen LogP contribution < -0.4 is 0 Å². The summed E-state index contributed by atoms with van der Waals surface area (Å²) in [5.41, 5.74) is -2.15. The van der Waals surface area contributed by atoms with E-state index in [9.17, 15) is 27.7 Å². The molecule has 94 valence electrons. The molecular formula is C10H4F4N2O2. The van der Waals surface area contributed by atoms with Gasteiger partial charge in [-0.2, -0.15) is 17.6 Å². The van der Waals surface area contributed by atoms with Crippen LogP contribution in [0.5, 0.6) is 0 Å². The van der Waals surface area contributed by atoms with Gasteiger partial charge in [-0.15, -0.1) is 0 Å². The molecule has 0 saturated heterocycles. The molecule has 18 heavy (non-hydrogen) atoms. The van der Waals surface area contributed by atoms with E-state index in [-0.39, 0.29) is 10.9 Å². The third kappa shape index (κ3) is 1.96. The molecule has 0 radical (unpaired) electrons. The Kier molecular flexibility index (Phi) is 2.64. The Balaban J connectivity index is 2.69. The Labute approximate surface area is 97.0 Å². The highest BCUT2D eigenvalue weighted by Crippen LogP contribution is 2.32. The zero-order valence-corrected chi connectivity index (χ0v) is 8.53. The van der Waals surface area contributed by atoms with E-state index in [1.54, 1.807) is 0 Å². The minimum atomic E-state index is -4.58. The normalized spacial score (nSPS) is 11.8. The van der Waals surface area contributed by atoms with Crippen LogP contribution in [-0.4, -0.2) is 9.91 Å². The lowest BCUT2D eigenvalue weighted by Gasteiger charge is -2.07. The number of aromatic nitrogens is 1. The average Bonchev–Trinajstić information content (AvgIpc) is 2.27. The third-order valence-corrected chi connectivity index (χ3v) is 2.31. The van der Waals surface area contributed by atoms with Crippen molar-refractivity contribution in [3.05, 3.63) is 45.9 Å². The van der Waals surface area contributed by atoms with Crippen LogP contribution >= 0.6 is 0 Å². The molecule has 1 heterocycles. The van der Waals surface area contributed by atoms with Gasteiger partial charge < -0.3 is 0 Å². The zero-order valence-electron chi connectivity index (χ0n) is 8.53. The molecule has 1 aromatic carbocycles. The van der Waals surface area contributed by atoms with Crippen molar-refractivity contribution in [3.8, 4) is 0 Å². The highest BCUT2D eigenvalue weighted by atomic mass is 19.4. The predicted molar refractivity (Wildman–Crippen MR) is 53.4 cm³/mol. The number of rotatable bonds is 1. The van der Waals surface area contributed by atoms with Gasteiger partial charge in [0, 0.05) is 5.39 Å². The minimum Gasteiger partial charge on any atom is -0.258 e. The number of alkyl halides is 3. The largest absolute Gasteiger partial charge is 0.416 e. The van der Waals surface area contributed by atoms with Gasteiger partial charge >= 0.3 is 11.9 Å².